The second-order valence-electron chi connectivity index (χ2n) is 2.35. The highest BCUT2D eigenvalue weighted by atomic mass is 32.1. The van der Waals surface area contributed by atoms with Crippen LogP contribution in [-0.4, -0.2) is 27.7 Å². The third kappa shape index (κ3) is 2.55. The first-order valence-electron chi connectivity index (χ1n) is 2.49. The molecule has 2 nitrogen and oxygen atoms in total. The number of hydrogen-bond acceptors (Lipinski definition) is 3. The lowest BCUT2D eigenvalue weighted by Crippen LogP contribution is -2.36. The molecule has 8 heavy (non-hydrogen) atoms. The Hall–Kier alpha value is 0.270. The summed E-state index contributed by atoms with van der Waals surface area (Å²) in [7, 11) is 0. The van der Waals surface area contributed by atoms with Crippen LogP contribution in [0, 0.1) is 0 Å². The molecule has 0 spiro atoms. The van der Waals surface area contributed by atoms with Gasteiger partial charge in [0.1, 0.15) is 0 Å². The molecule has 0 heterocycles. The first kappa shape index (κ1) is 8.27. The van der Waals surface area contributed by atoms with Gasteiger partial charge in [-0.3, -0.25) is 0 Å². The van der Waals surface area contributed by atoms with E-state index in [4.69, 9.17) is 10.2 Å². The van der Waals surface area contributed by atoms with Crippen molar-refractivity contribution in [2.24, 2.45) is 0 Å². The van der Waals surface area contributed by atoms with E-state index in [1.54, 1.807) is 13.8 Å². The average Bonchev–Trinajstić information content (AvgIpc) is 1.62. The van der Waals surface area contributed by atoms with E-state index in [9.17, 15) is 0 Å². The lowest BCUT2D eigenvalue weighted by atomic mass is 10.0. The van der Waals surface area contributed by atoms with E-state index in [1.165, 1.54) is 0 Å². The van der Waals surface area contributed by atoms with Gasteiger partial charge in [0.2, 0.25) is 0 Å². The molecule has 0 aromatic carbocycles. The summed E-state index contributed by atoms with van der Waals surface area (Å²) in [5.41, 5.74) is -1.01. The van der Waals surface area contributed by atoms with Crippen molar-refractivity contribution < 1.29 is 10.2 Å². The van der Waals surface area contributed by atoms with Crippen molar-refractivity contribution in [1.29, 1.82) is 0 Å². The number of aliphatic hydroxyl groups is 2. The minimum atomic E-state index is -1.01. The summed E-state index contributed by atoms with van der Waals surface area (Å²) in [5.74, 6) is 0.295. The summed E-state index contributed by atoms with van der Waals surface area (Å²) >= 11 is 3.80. The number of rotatable bonds is 2. The normalized spacial score (nSPS) is 16.1. The highest BCUT2D eigenvalue weighted by molar-refractivity contribution is 7.80. The van der Waals surface area contributed by atoms with Crippen LogP contribution in [0.2, 0.25) is 0 Å². The fourth-order valence-corrected chi connectivity index (χ4v) is 0.670. The predicted molar refractivity (Wildman–Crippen MR) is 36.2 cm³/mol. The molecular weight excluding hydrogens is 124 g/mol. The largest absolute Gasteiger partial charge is 0.389 e. The van der Waals surface area contributed by atoms with Crippen LogP contribution in [0.4, 0.5) is 0 Å². The van der Waals surface area contributed by atoms with E-state index in [1.807, 2.05) is 0 Å². The summed E-state index contributed by atoms with van der Waals surface area (Å²) in [6, 6.07) is 0. The Morgan fingerprint density at radius 2 is 2.00 bits per heavy atom. The fourth-order valence-electron chi connectivity index (χ4n) is 0.223. The Morgan fingerprint density at radius 3 is 2.00 bits per heavy atom. The summed E-state index contributed by atoms with van der Waals surface area (Å²) in [5, 5.41) is 17.9. The molecule has 2 N–H and O–H groups in total. The third-order valence-electron chi connectivity index (χ3n) is 0.988. The topological polar surface area (TPSA) is 40.5 Å². The maximum Gasteiger partial charge on any atom is 0.0909 e. The minimum Gasteiger partial charge on any atom is -0.389 e. The highest BCUT2D eigenvalue weighted by Gasteiger charge is 2.22. The van der Waals surface area contributed by atoms with Gasteiger partial charge in [0.15, 0.2) is 0 Å². The smallest absolute Gasteiger partial charge is 0.0909 e. The molecule has 0 aliphatic heterocycles. The van der Waals surface area contributed by atoms with Gasteiger partial charge in [0.25, 0.3) is 0 Å². The Morgan fingerprint density at radius 1 is 1.62 bits per heavy atom. The van der Waals surface area contributed by atoms with E-state index >= 15 is 0 Å². The van der Waals surface area contributed by atoms with Crippen LogP contribution >= 0.6 is 12.6 Å². The highest BCUT2D eigenvalue weighted by Crippen LogP contribution is 2.08. The van der Waals surface area contributed by atoms with Crippen LogP contribution < -0.4 is 0 Å². The molecule has 0 radical (unpaired) electrons. The van der Waals surface area contributed by atoms with Gasteiger partial charge in [-0.1, -0.05) is 0 Å². The lowest BCUT2D eigenvalue weighted by Gasteiger charge is -2.22. The van der Waals surface area contributed by atoms with Gasteiger partial charge in [-0.2, -0.15) is 12.6 Å². The van der Waals surface area contributed by atoms with Crippen LogP contribution in [0.25, 0.3) is 0 Å². The van der Waals surface area contributed by atoms with Gasteiger partial charge in [-0.25, -0.2) is 0 Å². The van der Waals surface area contributed by atoms with Gasteiger partial charge < -0.3 is 10.2 Å². The molecule has 0 saturated carbocycles. The van der Waals surface area contributed by atoms with Crippen LogP contribution in [-0.2, 0) is 0 Å². The second-order valence-corrected chi connectivity index (χ2v) is 2.72. The first-order chi connectivity index (χ1) is 3.48. The van der Waals surface area contributed by atoms with Crippen molar-refractivity contribution in [1.82, 2.24) is 0 Å². The van der Waals surface area contributed by atoms with Crippen molar-refractivity contribution >= 4 is 12.6 Å². The summed E-state index contributed by atoms with van der Waals surface area (Å²) in [6.07, 6.45) is -0.731. The van der Waals surface area contributed by atoms with Crippen LogP contribution in [0.15, 0.2) is 0 Å². The fraction of sp³-hybridized carbons (Fsp3) is 1.00. The molecule has 0 fully saturated rings. The molecule has 3 heteroatoms. The van der Waals surface area contributed by atoms with E-state index < -0.39 is 11.7 Å². The zero-order chi connectivity index (χ0) is 6.78. The van der Waals surface area contributed by atoms with Gasteiger partial charge in [0, 0.05) is 5.75 Å². The molecule has 0 aromatic rings. The Bertz CT molecular complexity index is 67.3. The Labute approximate surface area is 54.9 Å². The maximum atomic E-state index is 8.99. The monoisotopic (exact) mass is 136 g/mol. The lowest BCUT2D eigenvalue weighted by molar-refractivity contribution is -0.0348. The molecule has 0 saturated heterocycles. The summed E-state index contributed by atoms with van der Waals surface area (Å²) in [4.78, 5) is 0. The van der Waals surface area contributed by atoms with Crippen molar-refractivity contribution in [3.05, 3.63) is 0 Å². The average molecular weight is 136 g/mol. The van der Waals surface area contributed by atoms with Crippen molar-refractivity contribution in [3.8, 4) is 0 Å². The molecule has 50 valence electrons. The minimum absolute atomic E-state index is 0.295. The van der Waals surface area contributed by atoms with E-state index in [-0.39, 0.29) is 0 Å². The Balaban J connectivity index is 3.62. The zero-order valence-corrected chi connectivity index (χ0v) is 6.02. The van der Waals surface area contributed by atoms with Gasteiger partial charge in [-0.05, 0) is 13.8 Å². The standard InChI is InChI=1S/C5H12O2S/c1-5(2,7)4(6)3-8/h4,6-8H,3H2,1-2H3. The molecule has 0 rings (SSSR count). The van der Waals surface area contributed by atoms with E-state index in [0.29, 0.717) is 5.75 Å². The van der Waals surface area contributed by atoms with Crippen molar-refractivity contribution in [2.45, 2.75) is 25.6 Å². The molecule has 1 atom stereocenters. The molecule has 0 bridgehead atoms. The zero-order valence-electron chi connectivity index (χ0n) is 5.13. The van der Waals surface area contributed by atoms with E-state index in [2.05, 4.69) is 12.6 Å². The van der Waals surface area contributed by atoms with Crippen LogP contribution in [0.1, 0.15) is 13.8 Å². The van der Waals surface area contributed by atoms with Gasteiger partial charge >= 0.3 is 0 Å². The number of aliphatic hydroxyl groups excluding tert-OH is 1. The van der Waals surface area contributed by atoms with Crippen LogP contribution in [0.5, 0.6) is 0 Å². The quantitative estimate of drug-likeness (QED) is 0.469. The summed E-state index contributed by atoms with van der Waals surface area (Å²) < 4.78 is 0. The van der Waals surface area contributed by atoms with E-state index in [0.717, 1.165) is 0 Å². The number of thiol groups is 1. The molecular formula is C5H12O2S. The summed E-state index contributed by atoms with van der Waals surface area (Å²) in [6.45, 7) is 3.10. The predicted octanol–water partition coefficient (Wildman–Crippen LogP) is 0.0480. The molecule has 0 aliphatic rings. The third-order valence-corrected chi connectivity index (χ3v) is 1.33. The SMILES string of the molecule is CC(C)(O)C(O)CS. The van der Waals surface area contributed by atoms with Gasteiger partial charge in [-0.15, -0.1) is 0 Å². The molecule has 0 aromatic heterocycles. The number of hydrogen-bond donors (Lipinski definition) is 3. The molecule has 0 aliphatic carbocycles. The first-order valence-corrected chi connectivity index (χ1v) is 3.13. The van der Waals surface area contributed by atoms with Gasteiger partial charge in [0.05, 0.1) is 11.7 Å². The molecule has 1 unspecified atom stereocenters. The van der Waals surface area contributed by atoms with Crippen molar-refractivity contribution in [2.75, 3.05) is 5.75 Å². The second kappa shape index (κ2) is 2.71. The maximum absolute atomic E-state index is 8.99. The molecule has 0 amide bonds. The van der Waals surface area contributed by atoms with Crippen LogP contribution in [0.3, 0.4) is 0 Å². The van der Waals surface area contributed by atoms with Crippen molar-refractivity contribution in [3.63, 3.8) is 0 Å². The Kier molecular flexibility index (Phi) is 2.80.